The Morgan fingerprint density at radius 2 is 1.95 bits per heavy atom. The van der Waals surface area contributed by atoms with Gasteiger partial charge in [0.15, 0.2) is 0 Å². The molecule has 1 aliphatic heterocycles. The maximum atomic E-state index is 11.5. The second-order valence-electron chi connectivity index (χ2n) is 5.20. The summed E-state index contributed by atoms with van der Waals surface area (Å²) < 4.78 is 22.9. The van der Waals surface area contributed by atoms with Gasteiger partial charge in [0.1, 0.15) is 0 Å². The van der Waals surface area contributed by atoms with Crippen molar-refractivity contribution >= 4 is 31.7 Å². The maximum absolute atomic E-state index is 11.5. The molecule has 0 aliphatic carbocycles. The van der Waals surface area contributed by atoms with E-state index in [1.807, 2.05) is 48.5 Å². The van der Waals surface area contributed by atoms with Crippen molar-refractivity contribution in [1.29, 1.82) is 0 Å². The van der Waals surface area contributed by atoms with E-state index in [4.69, 9.17) is 4.84 Å². The summed E-state index contributed by atoms with van der Waals surface area (Å²) in [5, 5.41) is 13.5. The van der Waals surface area contributed by atoms with E-state index in [0.29, 0.717) is 0 Å². The highest BCUT2D eigenvalue weighted by Crippen LogP contribution is 2.21. The van der Waals surface area contributed by atoms with Gasteiger partial charge < -0.3 is 4.84 Å². The topological polar surface area (TPSA) is 69.4 Å². The van der Waals surface area contributed by atoms with Crippen molar-refractivity contribution < 1.29 is 18.2 Å². The highest BCUT2D eigenvalue weighted by atomic mass is 32.2. The summed E-state index contributed by atoms with van der Waals surface area (Å²) in [4.78, 5) is 5.11. The van der Waals surface area contributed by atoms with Crippen molar-refractivity contribution in [2.24, 2.45) is 0 Å². The van der Waals surface area contributed by atoms with Crippen LogP contribution in [0.25, 0.3) is 16.8 Å². The third kappa shape index (κ3) is 2.82. The quantitative estimate of drug-likeness (QED) is 0.798. The standard InChI is InChI=1S/C16H15NO4S/c1-22(19,20)16-11-14(21-17(16)18)10-9-13-7-4-6-12-5-2-3-8-15(12)13/h2-10,14H,11H2,1H3/b10-9+. The average molecular weight is 317 g/mol. The van der Waals surface area contributed by atoms with Gasteiger partial charge in [-0.2, -0.15) is 0 Å². The number of fused-ring (bicyclic) bond motifs is 1. The third-order valence-corrected chi connectivity index (χ3v) is 4.72. The highest BCUT2D eigenvalue weighted by Gasteiger charge is 2.34. The average Bonchev–Trinajstić information content (AvgIpc) is 2.86. The Bertz CT molecular complexity index is 879. The second kappa shape index (κ2) is 5.46. The molecule has 0 fully saturated rings. The molecule has 0 radical (unpaired) electrons. The van der Waals surface area contributed by atoms with Crippen molar-refractivity contribution in [1.82, 2.24) is 0 Å². The van der Waals surface area contributed by atoms with Crippen LogP contribution in [0.2, 0.25) is 0 Å². The predicted octanol–water partition coefficient (Wildman–Crippen LogP) is 2.51. The molecule has 0 bridgehead atoms. The molecule has 0 saturated carbocycles. The summed E-state index contributed by atoms with van der Waals surface area (Å²) in [6.07, 6.45) is 4.06. The van der Waals surface area contributed by atoms with Crippen LogP contribution in [0, 0.1) is 5.21 Å². The fraction of sp³-hybridized carbons (Fsp3) is 0.188. The molecule has 3 rings (SSSR count). The Morgan fingerprint density at radius 3 is 2.68 bits per heavy atom. The summed E-state index contributed by atoms with van der Waals surface area (Å²) in [7, 11) is -3.53. The van der Waals surface area contributed by atoms with Crippen LogP contribution in [-0.2, 0) is 14.7 Å². The largest absolute Gasteiger partial charge is 0.394 e. The molecule has 1 atom stereocenters. The zero-order chi connectivity index (χ0) is 15.7. The minimum Gasteiger partial charge on any atom is -0.394 e. The van der Waals surface area contributed by atoms with Gasteiger partial charge in [0.25, 0.3) is 0 Å². The molecule has 0 amide bonds. The number of rotatable bonds is 2. The Kier molecular flexibility index (Phi) is 3.62. The molecule has 1 heterocycles. The first-order chi connectivity index (χ1) is 10.4. The zero-order valence-corrected chi connectivity index (χ0v) is 12.8. The SMILES string of the molecule is CS(=O)(=O)C1=[N+]([O-])OC(/C=C/c2cccc3ccccc23)C1. The number of sulfone groups is 1. The van der Waals surface area contributed by atoms with E-state index < -0.39 is 15.9 Å². The van der Waals surface area contributed by atoms with Gasteiger partial charge in [-0.25, -0.2) is 8.42 Å². The van der Waals surface area contributed by atoms with E-state index >= 15 is 0 Å². The van der Waals surface area contributed by atoms with Crippen molar-refractivity contribution in [3.63, 3.8) is 0 Å². The first-order valence-corrected chi connectivity index (χ1v) is 8.70. The third-order valence-electron chi connectivity index (χ3n) is 3.55. The molecule has 114 valence electrons. The lowest BCUT2D eigenvalue weighted by atomic mass is 10.0. The highest BCUT2D eigenvalue weighted by molar-refractivity contribution is 8.05. The Labute approximate surface area is 128 Å². The van der Waals surface area contributed by atoms with Crippen LogP contribution in [0.5, 0.6) is 0 Å². The molecule has 22 heavy (non-hydrogen) atoms. The number of hydrogen-bond donors (Lipinski definition) is 0. The molecule has 2 aromatic carbocycles. The van der Waals surface area contributed by atoms with Crippen molar-refractivity contribution in [2.45, 2.75) is 12.5 Å². The predicted molar refractivity (Wildman–Crippen MR) is 86.0 cm³/mol. The Balaban J connectivity index is 1.84. The first-order valence-electron chi connectivity index (χ1n) is 6.81. The summed E-state index contributed by atoms with van der Waals surface area (Å²) in [5.74, 6) is 0. The minimum absolute atomic E-state index is 0.0591. The van der Waals surface area contributed by atoms with Crippen LogP contribution >= 0.6 is 0 Å². The van der Waals surface area contributed by atoms with Gasteiger partial charge in [0.05, 0.1) is 17.4 Å². The summed E-state index contributed by atoms with van der Waals surface area (Å²) in [6, 6.07) is 13.9. The van der Waals surface area contributed by atoms with Crippen LogP contribution in [0.4, 0.5) is 0 Å². The molecule has 6 heteroatoms. The smallest absolute Gasteiger partial charge is 0.335 e. The van der Waals surface area contributed by atoms with E-state index in [1.54, 1.807) is 6.08 Å². The fourth-order valence-electron chi connectivity index (χ4n) is 2.46. The van der Waals surface area contributed by atoms with Gasteiger partial charge in [-0.1, -0.05) is 54.6 Å². The second-order valence-corrected chi connectivity index (χ2v) is 7.21. The molecule has 0 spiro atoms. The van der Waals surface area contributed by atoms with Crippen LogP contribution in [-0.4, -0.2) is 30.7 Å². The van der Waals surface area contributed by atoms with E-state index in [1.165, 1.54) is 0 Å². The van der Waals surface area contributed by atoms with Gasteiger partial charge in [-0.15, -0.1) is 0 Å². The molecule has 1 unspecified atom stereocenters. The lowest BCUT2D eigenvalue weighted by Crippen LogP contribution is -2.17. The molecule has 2 aromatic rings. The van der Waals surface area contributed by atoms with E-state index in [-0.39, 0.29) is 16.4 Å². The maximum Gasteiger partial charge on any atom is 0.335 e. The van der Waals surface area contributed by atoms with Gasteiger partial charge in [0, 0.05) is 6.26 Å². The monoisotopic (exact) mass is 317 g/mol. The normalized spacial score (nSPS) is 19.0. The molecule has 0 saturated heterocycles. The number of hydrogen-bond acceptors (Lipinski definition) is 4. The first kappa shape index (κ1) is 14.6. The Hall–Kier alpha value is -2.34. The van der Waals surface area contributed by atoms with Gasteiger partial charge >= 0.3 is 5.04 Å². The lowest BCUT2D eigenvalue weighted by molar-refractivity contribution is -0.736. The minimum atomic E-state index is -3.53. The molecular weight excluding hydrogens is 302 g/mol. The van der Waals surface area contributed by atoms with Crippen LogP contribution in [0.3, 0.4) is 0 Å². The lowest BCUT2D eigenvalue weighted by Gasteiger charge is -2.06. The van der Waals surface area contributed by atoms with Crippen molar-refractivity contribution in [2.75, 3.05) is 6.26 Å². The van der Waals surface area contributed by atoms with Crippen molar-refractivity contribution in [3.05, 3.63) is 59.3 Å². The molecule has 0 N–H and O–H groups in total. The van der Waals surface area contributed by atoms with Crippen LogP contribution in [0.15, 0.2) is 48.5 Å². The molecule has 5 nitrogen and oxygen atoms in total. The Morgan fingerprint density at radius 1 is 1.23 bits per heavy atom. The number of nitrogens with zero attached hydrogens (tertiary/aromatic N) is 1. The van der Waals surface area contributed by atoms with E-state index in [2.05, 4.69) is 0 Å². The summed E-state index contributed by atoms with van der Waals surface area (Å²) in [6.45, 7) is 0. The molecule has 1 aliphatic rings. The van der Waals surface area contributed by atoms with Crippen LogP contribution < -0.4 is 0 Å². The van der Waals surface area contributed by atoms with Crippen molar-refractivity contribution in [3.8, 4) is 0 Å². The zero-order valence-electron chi connectivity index (χ0n) is 12.0. The molecule has 0 aromatic heterocycles. The summed E-state index contributed by atoms with van der Waals surface area (Å²) >= 11 is 0. The van der Waals surface area contributed by atoms with E-state index in [9.17, 15) is 13.6 Å². The number of benzene rings is 2. The molecular formula is C16H15NO4S. The fourth-order valence-corrected chi connectivity index (χ4v) is 3.24. The van der Waals surface area contributed by atoms with Gasteiger partial charge in [-0.05, 0) is 16.3 Å². The van der Waals surface area contributed by atoms with Gasteiger partial charge in [-0.3, -0.25) is 5.21 Å². The van der Waals surface area contributed by atoms with Gasteiger partial charge in [0.2, 0.25) is 9.84 Å². The van der Waals surface area contributed by atoms with E-state index in [0.717, 1.165) is 22.6 Å². The summed E-state index contributed by atoms with van der Waals surface area (Å²) in [5.41, 5.74) is 0.993. The van der Waals surface area contributed by atoms with Crippen LogP contribution in [0.1, 0.15) is 12.0 Å².